The summed E-state index contributed by atoms with van der Waals surface area (Å²) in [5.41, 5.74) is 1.64. The molecule has 1 N–H and O–H groups in total. The Morgan fingerprint density at radius 2 is 1.80 bits per heavy atom. The fraction of sp³-hybridized carbons (Fsp3) is 0.250. The summed E-state index contributed by atoms with van der Waals surface area (Å²) in [4.78, 5) is 41.9. The first-order valence-corrected chi connectivity index (χ1v) is 10.8. The summed E-state index contributed by atoms with van der Waals surface area (Å²) in [6.45, 7) is 3.83. The SMILES string of the molecule is COc1ccc(C)cc1NC(=O)CCc1nc(-c2nn(-c3ccc(C)cc3)c(=O)n(C)c2=O)no1. The summed E-state index contributed by atoms with van der Waals surface area (Å²) in [5, 5.41) is 10.8. The zero-order chi connectivity index (χ0) is 25.1. The lowest BCUT2D eigenvalue weighted by atomic mass is 10.2. The van der Waals surface area contributed by atoms with Gasteiger partial charge in [-0.2, -0.15) is 14.8 Å². The van der Waals surface area contributed by atoms with Crippen molar-refractivity contribution in [1.29, 1.82) is 0 Å². The van der Waals surface area contributed by atoms with Crippen LogP contribution in [0, 0.1) is 13.8 Å². The van der Waals surface area contributed by atoms with Crippen molar-refractivity contribution in [3.05, 3.63) is 80.3 Å². The number of anilines is 1. The lowest BCUT2D eigenvalue weighted by Gasteiger charge is -2.10. The van der Waals surface area contributed by atoms with Crippen LogP contribution in [-0.4, -0.2) is 37.5 Å². The van der Waals surface area contributed by atoms with Gasteiger partial charge in [0.1, 0.15) is 5.75 Å². The van der Waals surface area contributed by atoms with E-state index in [-0.39, 0.29) is 36.2 Å². The van der Waals surface area contributed by atoms with Crippen LogP contribution >= 0.6 is 0 Å². The van der Waals surface area contributed by atoms with Crippen molar-refractivity contribution in [2.45, 2.75) is 26.7 Å². The molecule has 1 amide bonds. The maximum Gasteiger partial charge on any atom is 0.351 e. The second-order valence-electron chi connectivity index (χ2n) is 8.01. The molecule has 180 valence electrons. The fourth-order valence-corrected chi connectivity index (χ4v) is 3.37. The normalized spacial score (nSPS) is 10.9. The van der Waals surface area contributed by atoms with Crippen molar-refractivity contribution in [3.8, 4) is 23.0 Å². The molecular formula is C24H24N6O5. The van der Waals surface area contributed by atoms with Crippen LogP contribution in [0.1, 0.15) is 23.4 Å². The third kappa shape index (κ3) is 5.03. The van der Waals surface area contributed by atoms with Crippen LogP contribution in [0.3, 0.4) is 0 Å². The molecule has 0 aliphatic heterocycles. The molecule has 0 aliphatic carbocycles. The smallest absolute Gasteiger partial charge is 0.351 e. The van der Waals surface area contributed by atoms with Crippen LogP contribution in [0.2, 0.25) is 0 Å². The molecule has 0 radical (unpaired) electrons. The van der Waals surface area contributed by atoms with E-state index in [9.17, 15) is 14.4 Å². The highest BCUT2D eigenvalue weighted by Gasteiger charge is 2.19. The van der Waals surface area contributed by atoms with Gasteiger partial charge in [0.25, 0.3) is 5.56 Å². The monoisotopic (exact) mass is 476 g/mol. The van der Waals surface area contributed by atoms with E-state index >= 15 is 0 Å². The lowest BCUT2D eigenvalue weighted by molar-refractivity contribution is -0.116. The van der Waals surface area contributed by atoms with E-state index in [1.165, 1.54) is 14.2 Å². The minimum Gasteiger partial charge on any atom is -0.495 e. The van der Waals surface area contributed by atoms with Gasteiger partial charge in [0.2, 0.25) is 17.6 Å². The van der Waals surface area contributed by atoms with Crippen LogP contribution < -0.4 is 21.3 Å². The van der Waals surface area contributed by atoms with Crippen molar-refractivity contribution in [2.75, 3.05) is 12.4 Å². The van der Waals surface area contributed by atoms with Crippen molar-refractivity contribution >= 4 is 11.6 Å². The molecule has 0 atom stereocenters. The molecule has 0 saturated carbocycles. The molecule has 2 heterocycles. The third-order valence-electron chi connectivity index (χ3n) is 5.33. The predicted octanol–water partition coefficient (Wildman–Crippen LogP) is 2.18. The van der Waals surface area contributed by atoms with Crippen molar-refractivity contribution in [3.63, 3.8) is 0 Å². The molecule has 0 bridgehead atoms. The summed E-state index contributed by atoms with van der Waals surface area (Å²) in [6.07, 6.45) is 0.206. The second-order valence-corrected chi connectivity index (χ2v) is 8.01. The Hall–Kier alpha value is -4.54. The number of nitrogens with one attached hydrogen (secondary N) is 1. The molecule has 0 spiro atoms. The van der Waals surface area contributed by atoms with Crippen molar-refractivity contribution < 1.29 is 14.1 Å². The maximum absolute atomic E-state index is 12.7. The Morgan fingerprint density at radius 1 is 1.09 bits per heavy atom. The molecule has 0 unspecified atom stereocenters. The van der Waals surface area contributed by atoms with Gasteiger partial charge in [0.15, 0.2) is 5.69 Å². The van der Waals surface area contributed by atoms with Gasteiger partial charge in [-0.25, -0.2) is 4.79 Å². The number of amides is 1. The number of aryl methyl sites for hydroxylation is 3. The number of aromatic nitrogens is 5. The van der Waals surface area contributed by atoms with Gasteiger partial charge in [-0.1, -0.05) is 28.9 Å². The highest BCUT2D eigenvalue weighted by molar-refractivity contribution is 5.92. The Labute approximate surface area is 200 Å². The molecule has 0 fully saturated rings. The average molecular weight is 476 g/mol. The summed E-state index contributed by atoms with van der Waals surface area (Å²) in [7, 11) is 2.88. The standard InChI is InChI=1S/C24H24N6O5/c1-14-5-8-16(9-6-14)30-24(33)29(3)23(32)21(27-30)22-26-20(35-28-22)12-11-19(31)25-17-13-15(2)7-10-18(17)34-4/h5-10,13H,11-12H2,1-4H3,(H,25,31). The molecule has 4 aromatic rings. The highest BCUT2D eigenvalue weighted by atomic mass is 16.5. The van der Waals surface area contributed by atoms with E-state index in [0.29, 0.717) is 17.1 Å². The first kappa shape index (κ1) is 23.6. The number of hydrogen-bond acceptors (Lipinski definition) is 8. The van der Waals surface area contributed by atoms with Gasteiger partial charge < -0.3 is 14.6 Å². The number of carbonyl (C=O) groups is 1. The average Bonchev–Trinajstić information content (AvgIpc) is 3.31. The zero-order valence-corrected chi connectivity index (χ0v) is 19.7. The zero-order valence-electron chi connectivity index (χ0n) is 19.7. The minimum absolute atomic E-state index is 0.0625. The van der Waals surface area contributed by atoms with Gasteiger partial charge in [-0.05, 0) is 43.7 Å². The quantitative estimate of drug-likeness (QED) is 0.429. The molecule has 11 nitrogen and oxygen atoms in total. The first-order valence-electron chi connectivity index (χ1n) is 10.8. The lowest BCUT2D eigenvalue weighted by Crippen LogP contribution is -2.40. The van der Waals surface area contributed by atoms with Crippen LogP contribution in [0.4, 0.5) is 5.69 Å². The Kier molecular flexibility index (Phi) is 6.58. The molecule has 35 heavy (non-hydrogen) atoms. The number of hydrogen-bond donors (Lipinski definition) is 1. The van der Waals surface area contributed by atoms with E-state index < -0.39 is 11.2 Å². The Morgan fingerprint density at radius 3 is 2.51 bits per heavy atom. The summed E-state index contributed by atoms with van der Waals surface area (Å²) in [5.74, 6) is 0.371. The summed E-state index contributed by atoms with van der Waals surface area (Å²) < 4.78 is 12.5. The number of nitrogens with zero attached hydrogens (tertiary/aromatic N) is 5. The van der Waals surface area contributed by atoms with Gasteiger partial charge in [-0.3, -0.25) is 14.2 Å². The molecule has 4 rings (SSSR count). The summed E-state index contributed by atoms with van der Waals surface area (Å²) >= 11 is 0. The third-order valence-corrected chi connectivity index (χ3v) is 5.33. The van der Waals surface area contributed by atoms with Crippen LogP contribution in [0.5, 0.6) is 5.75 Å². The maximum atomic E-state index is 12.7. The van der Waals surface area contributed by atoms with E-state index in [1.54, 1.807) is 18.2 Å². The van der Waals surface area contributed by atoms with Gasteiger partial charge >= 0.3 is 5.69 Å². The minimum atomic E-state index is -0.657. The van der Waals surface area contributed by atoms with E-state index in [0.717, 1.165) is 20.4 Å². The molecule has 2 aromatic carbocycles. The largest absolute Gasteiger partial charge is 0.495 e. The fourth-order valence-electron chi connectivity index (χ4n) is 3.37. The van der Waals surface area contributed by atoms with E-state index in [1.807, 2.05) is 38.1 Å². The highest BCUT2D eigenvalue weighted by Crippen LogP contribution is 2.25. The van der Waals surface area contributed by atoms with E-state index in [2.05, 4.69) is 20.6 Å². The number of ether oxygens (including phenoxy) is 1. The molecular weight excluding hydrogens is 452 g/mol. The van der Waals surface area contributed by atoms with Crippen LogP contribution in [-0.2, 0) is 18.3 Å². The van der Waals surface area contributed by atoms with Gasteiger partial charge in [-0.15, -0.1) is 0 Å². The first-order chi connectivity index (χ1) is 16.8. The predicted molar refractivity (Wildman–Crippen MR) is 128 cm³/mol. The second kappa shape index (κ2) is 9.75. The van der Waals surface area contributed by atoms with Gasteiger partial charge in [0.05, 0.1) is 18.5 Å². The van der Waals surface area contributed by atoms with Crippen molar-refractivity contribution in [2.24, 2.45) is 7.05 Å². The Bertz CT molecular complexity index is 1500. The summed E-state index contributed by atoms with van der Waals surface area (Å²) in [6, 6.07) is 12.6. The number of carbonyl (C=O) groups excluding carboxylic acids is 1. The molecule has 2 aromatic heterocycles. The van der Waals surface area contributed by atoms with Gasteiger partial charge in [0, 0.05) is 19.9 Å². The Balaban J connectivity index is 1.53. The molecule has 0 aliphatic rings. The van der Waals surface area contributed by atoms with Crippen LogP contribution in [0.25, 0.3) is 17.2 Å². The number of rotatable bonds is 7. The molecule has 11 heteroatoms. The topological polar surface area (TPSA) is 134 Å². The molecule has 0 saturated heterocycles. The number of methoxy groups -OCH3 is 1. The number of benzene rings is 2. The van der Waals surface area contributed by atoms with Crippen molar-refractivity contribution in [1.82, 2.24) is 24.5 Å². The van der Waals surface area contributed by atoms with Crippen LogP contribution in [0.15, 0.2) is 56.6 Å². The van der Waals surface area contributed by atoms with E-state index in [4.69, 9.17) is 9.26 Å².